The van der Waals surface area contributed by atoms with Crippen LogP contribution in [0.2, 0.25) is 0 Å². The molecule has 0 saturated carbocycles. The van der Waals surface area contributed by atoms with Crippen molar-refractivity contribution in [1.82, 2.24) is 15.5 Å². The number of rotatable bonds is 8. The normalized spacial score (nSPS) is 16.6. The highest BCUT2D eigenvalue weighted by Crippen LogP contribution is 2.26. The van der Waals surface area contributed by atoms with Crippen molar-refractivity contribution in [2.24, 2.45) is 4.99 Å². The molecule has 0 radical (unpaired) electrons. The molecule has 1 saturated heterocycles. The summed E-state index contributed by atoms with van der Waals surface area (Å²) in [6.45, 7) is 8.22. The fourth-order valence-electron chi connectivity index (χ4n) is 3.81. The van der Waals surface area contributed by atoms with Crippen molar-refractivity contribution in [3.05, 3.63) is 54.0 Å². The topological polar surface area (TPSA) is 62.0 Å². The molecule has 1 aromatic carbocycles. The molecule has 29 heavy (non-hydrogen) atoms. The summed E-state index contributed by atoms with van der Waals surface area (Å²) >= 11 is 0. The van der Waals surface area contributed by atoms with Crippen molar-refractivity contribution in [2.75, 3.05) is 40.3 Å². The number of methoxy groups -OCH3 is 1. The van der Waals surface area contributed by atoms with Crippen molar-refractivity contribution in [1.29, 1.82) is 0 Å². The third kappa shape index (κ3) is 5.54. The van der Waals surface area contributed by atoms with Gasteiger partial charge in [-0.3, -0.25) is 9.89 Å². The van der Waals surface area contributed by atoms with Crippen LogP contribution in [0.25, 0.3) is 0 Å². The Balaban J connectivity index is 1.57. The Morgan fingerprint density at radius 2 is 1.90 bits per heavy atom. The molecule has 1 aliphatic heterocycles. The largest absolute Gasteiger partial charge is 0.497 e. The molecule has 0 spiro atoms. The van der Waals surface area contributed by atoms with Gasteiger partial charge in [-0.15, -0.1) is 0 Å². The van der Waals surface area contributed by atoms with Crippen molar-refractivity contribution in [3.8, 4) is 5.75 Å². The lowest BCUT2D eigenvalue weighted by molar-refractivity contribution is 0.215. The number of furan rings is 1. The van der Waals surface area contributed by atoms with Crippen LogP contribution in [0.1, 0.15) is 44.1 Å². The third-order valence-corrected chi connectivity index (χ3v) is 5.71. The molecule has 1 fully saturated rings. The minimum Gasteiger partial charge on any atom is -0.497 e. The maximum absolute atomic E-state index is 5.71. The van der Waals surface area contributed by atoms with Crippen LogP contribution >= 0.6 is 0 Å². The number of nitrogens with one attached hydrogen (secondary N) is 2. The molecule has 3 rings (SSSR count). The van der Waals surface area contributed by atoms with Crippen molar-refractivity contribution in [2.45, 2.75) is 38.1 Å². The van der Waals surface area contributed by atoms with E-state index in [0.29, 0.717) is 0 Å². The SMILES string of the molecule is CN=C(NCC(c1ccco1)N1CCCC1)NCC(C)(C)c1ccc(OC)cc1. The monoisotopic (exact) mass is 398 g/mol. The van der Waals surface area contributed by atoms with E-state index < -0.39 is 0 Å². The van der Waals surface area contributed by atoms with E-state index >= 15 is 0 Å². The molecule has 0 aliphatic carbocycles. The molecule has 1 atom stereocenters. The fourth-order valence-corrected chi connectivity index (χ4v) is 3.81. The number of benzene rings is 1. The van der Waals surface area contributed by atoms with E-state index in [0.717, 1.165) is 43.6 Å². The number of aliphatic imine (C=N–C) groups is 1. The highest BCUT2D eigenvalue weighted by Gasteiger charge is 2.26. The lowest BCUT2D eigenvalue weighted by atomic mass is 9.84. The van der Waals surface area contributed by atoms with E-state index in [-0.39, 0.29) is 11.5 Å². The summed E-state index contributed by atoms with van der Waals surface area (Å²) in [6, 6.07) is 12.5. The summed E-state index contributed by atoms with van der Waals surface area (Å²) in [6.07, 6.45) is 4.25. The minimum absolute atomic E-state index is 0.0424. The Morgan fingerprint density at radius 3 is 2.48 bits per heavy atom. The van der Waals surface area contributed by atoms with Gasteiger partial charge < -0.3 is 19.8 Å². The number of nitrogens with zero attached hydrogens (tertiary/aromatic N) is 2. The van der Waals surface area contributed by atoms with Crippen LogP contribution in [0, 0.1) is 0 Å². The molecule has 6 nitrogen and oxygen atoms in total. The van der Waals surface area contributed by atoms with E-state index in [1.165, 1.54) is 18.4 Å². The second-order valence-electron chi connectivity index (χ2n) is 8.19. The number of hydrogen-bond donors (Lipinski definition) is 2. The van der Waals surface area contributed by atoms with Crippen LogP contribution in [-0.2, 0) is 5.41 Å². The van der Waals surface area contributed by atoms with Gasteiger partial charge in [-0.2, -0.15) is 0 Å². The van der Waals surface area contributed by atoms with Crippen LogP contribution in [0.3, 0.4) is 0 Å². The van der Waals surface area contributed by atoms with Gasteiger partial charge in [0.2, 0.25) is 0 Å². The van der Waals surface area contributed by atoms with Crippen molar-refractivity contribution >= 4 is 5.96 Å². The summed E-state index contributed by atoms with van der Waals surface area (Å²) < 4.78 is 11.0. The van der Waals surface area contributed by atoms with Gasteiger partial charge in [-0.05, 0) is 55.8 Å². The van der Waals surface area contributed by atoms with E-state index in [4.69, 9.17) is 9.15 Å². The maximum atomic E-state index is 5.71. The second-order valence-corrected chi connectivity index (χ2v) is 8.19. The zero-order valence-corrected chi connectivity index (χ0v) is 18.1. The van der Waals surface area contributed by atoms with Crippen molar-refractivity contribution < 1.29 is 9.15 Å². The summed E-state index contributed by atoms with van der Waals surface area (Å²) in [7, 11) is 3.50. The summed E-state index contributed by atoms with van der Waals surface area (Å²) in [4.78, 5) is 6.90. The Kier molecular flexibility index (Phi) is 7.20. The molecule has 6 heteroatoms. The van der Waals surface area contributed by atoms with Gasteiger partial charge in [-0.1, -0.05) is 26.0 Å². The molecular weight excluding hydrogens is 364 g/mol. The van der Waals surface area contributed by atoms with Gasteiger partial charge in [0, 0.05) is 25.6 Å². The molecule has 0 amide bonds. The van der Waals surface area contributed by atoms with Crippen molar-refractivity contribution in [3.63, 3.8) is 0 Å². The van der Waals surface area contributed by atoms with Gasteiger partial charge in [0.15, 0.2) is 5.96 Å². The van der Waals surface area contributed by atoms with Crippen LogP contribution < -0.4 is 15.4 Å². The first-order valence-electron chi connectivity index (χ1n) is 10.4. The Labute approximate surface area is 174 Å². The molecular formula is C23H34N4O2. The molecule has 2 aromatic rings. The van der Waals surface area contributed by atoms with E-state index in [2.05, 4.69) is 52.6 Å². The second kappa shape index (κ2) is 9.83. The molecule has 158 valence electrons. The van der Waals surface area contributed by atoms with Crippen LogP contribution in [0.4, 0.5) is 0 Å². The zero-order chi connectivity index (χ0) is 20.7. The quantitative estimate of drug-likeness (QED) is 0.526. The van der Waals surface area contributed by atoms with E-state index in [9.17, 15) is 0 Å². The average Bonchev–Trinajstić information content (AvgIpc) is 3.45. The number of ether oxygens (including phenoxy) is 1. The molecule has 1 unspecified atom stereocenters. The lowest BCUT2D eigenvalue weighted by Crippen LogP contribution is -2.46. The van der Waals surface area contributed by atoms with E-state index in [1.54, 1.807) is 13.4 Å². The first-order valence-corrected chi connectivity index (χ1v) is 10.4. The zero-order valence-electron chi connectivity index (χ0n) is 18.1. The number of hydrogen-bond acceptors (Lipinski definition) is 4. The summed E-state index contributed by atoms with van der Waals surface area (Å²) in [5, 5.41) is 6.98. The van der Waals surface area contributed by atoms with Gasteiger partial charge in [-0.25, -0.2) is 0 Å². The third-order valence-electron chi connectivity index (χ3n) is 5.71. The lowest BCUT2D eigenvalue weighted by Gasteiger charge is -2.29. The molecule has 0 bridgehead atoms. The number of guanidine groups is 1. The maximum Gasteiger partial charge on any atom is 0.191 e. The van der Waals surface area contributed by atoms with Gasteiger partial charge >= 0.3 is 0 Å². The van der Waals surface area contributed by atoms with Crippen LogP contribution in [-0.4, -0.2) is 51.2 Å². The molecule has 2 heterocycles. The average molecular weight is 399 g/mol. The standard InChI is InChI=1S/C23H34N4O2/c1-23(2,18-9-11-19(28-4)12-10-18)17-26-22(24-3)25-16-20(21-8-7-15-29-21)27-13-5-6-14-27/h7-12,15,20H,5-6,13-14,16-17H2,1-4H3,(H2,24,25,26). The minimum atomic E-state index is -0.0424. The Hall–Kier alpha value is -2.47. The highest BCUT2D eigenvalue weighted by molar-refractivity contribution is 5.79. The number of likely N-dealkylation sites (tertiary alicyclic amines) is 1. The Morgan fingerprint density at radius 1 is 1.17 bits per heavy atom. The Bertz CT molecular complexity index is 763. The van der Waals surface area contributed by atoms with Crippen LogP contribution in [0.15, 0.2) is 52.1 Å². The van der Waals surface area contributed by atoms with Gasteiger partial charge in [0.1, 0.15) is 11.5 Å². The molecule has 2 N–H and O–H groups in total. The molecule has 1 aliphatic rings. The predicted octanol–water partition coefficient (Wildman–Crippen LogP) is 3.57. The van der Waals surface area contributed by atoms with Gasteiger partial charge in [0.25, 0.3) is 0 Å². The first kappa shape index (κ1) is 21.2. The predicted molar refractivity (Wildman–Crippen MR) is 118 cm³/mol. The van der Waals surface area contributed by atoms with E-state index in [1.807, 2.05) is 25.2 Å². The van der Waals surface area contributed by atoms with Crippen LogP contribution in [0.5, 0.6) is 5.75 Å². The summed E-state index contributed by atoms with van der Waals surface area (Å²) in [5.41, 5.74) is 1.21. The summed E-state index contributed by atoms with van der Waals surface area (Å²) in [5.74, 6) is 2.69. The first-order chi connectivity index (χ1) is 14.0. The van der Waals surface area contributed by atoms with Gasteiger partial charge in [0.05, 0.1) is 19.4 Å². The smallest absolute Gasteiger partial charge is 0.191 e. The molecule has 1 aromatic heterocycles. The fraction of sp³-hybridized carbons (Fsp3) is 0.522. The highest BCUT2D eigenvalue weighted by atomic mass is 16.5.